The van der Waals surface area contributed by atoms with Gasteiger partial charge >= 0.3 is 0 Å². The zero-order chi connectivity index (χ0) is 25.6. The molecule has 0 aromatic rings. The second kappa shape index (κ2) is 29.2. The first kappa shape index (κ1) is 33.7. The van der Waals surface area contributed by atoms with E-state index in [2.05, 4.69) is 6.92 Å². The molecule has 0 saturated carbocycles. The van der Waals surface area contributed by atoms with Gasteiger partial charge in [0.05, 0.1) is 92.5 Å². The van der Waals surface area contributed by atoms with Crippen molar-refractivity contribution >= 4 is 0 Å². The number of ether oxygens (including phenoxy) is 9. The summed E-state index contributed by atoms with van der Waals surface area (Å²) < 4.78 is 49.6. The minimum Gasteiger partial charge on any atom is -0.379 e. The first-order valence-electron chi connectivity index (χ1n) is 14.2. The van der Waals surface area contributed by atoms with Crippen LogP contribution < -0.4 is 0 Å². The monoisotopic (exact) mass is 522 g/mol. The van der Waals surface area contributed by atoms with Gasteiger partial charge in [-0.25, -0.2) is 0 Å². The van der Waals surface area contributed by atoms with Crippen molar-refractivity contribution in [2.75, 3.05) is 106 Å². The van der Waals surface area contributed by atoms with Gasteiger partial charge in [0.15, 0.2) is 6.29 Å². The fourth-order valence-corrected chi connectivity index (χ4v) is 3.49. The SMILES string of the molecule is CCCCCCCCOCCOCCOCCOCCOCCOCCOCCOC1CCCCO1. The molecule has 0 radical (unpaired) electrons. The topological polar surface area (TPSA) is 83.1 Å². The third-order valence-electron chi connectivity index (χ3n) is 5.54. The van der Waals surface area contributed by atoms with E-state index >= 15 is 0 Å². The quantitative estimate of drug-likeness (QED) is 0.135. The molecule has 1 unspecified atom stereocenters. The van der Waals surface area contributed by atoms with Crippen molar-refractivity contribution in [3.63, 3.8) is 0 Å². The van der Waals surface area contributed by atoms with Crippen LogP contribution in [0.25, 0.3) is 0 Å². The summed E-state index contributed by atoms with van der Waals surface area (Å²) in [6.07, 6.45) is 11.0. The molecule has 0 spiro atoms. The normalized spacial score (nSPS) is 16.1. The maximum atomic E-state index is 5.60. The van der Waals surface area contributed by atoms with Crippen LogP contribution in [0.4, 0.5) is 0 Å². The molecule has 0 bridgehead atoms. The lowest BCUT2D eigenvalue weighted by Crippen LogP contribution is -2.24. The Labute approximate surface area is 219 Å². The van der Waals surface area contributed by atoms with E-state index < -0.39 is 0 Å². The predicted molar refractivity (Wildman–Crippen MR) is 139 cm³/mol. The Balaban J connectivity index is 1.61. The average Bonchev–Trinajstić information content (AvgIpc) is 2.91. The molecule has 0 N–H and O–H groups in total. The fraction of sp³-hybridized carbons (Fsp3) is 1.00. The fourth-order valence-electron chi connectivity index (χ4n) is 3.49. The Morgan fingerprint density at radius 2 is 0.889 bits per heavy atom. The molecule has 1 fully saturated rings. The van der Waals surface area contributed by atoms with Gasteiger partial charge in [0.1, 0.15) is 0 Å². The van der Waals surface area contributed by atoms with E-state index in [-0.39, 0.29) is 6.29 Å². The van der Waals surface area contributed by atoms with Crippen LogP contribution in [0.15, 0.2) is 0 Å². The lowest BCUT2D eigenvalue weighted by atomic mass is 10.1. The minimum absolute atomic E-state index is 0.0539. The van der Waals surface area contributed by atoms with Crippen LogP contribution in [-0.4, -0.2) is 112 Å². The molecule has 9 nitrogen and oxygen atoms in total. The van der Waals surface area contributed by atoms with Crippen LogP contribution in [0.5, 0.6) is 0 Å². The van der Waals surface area contributed by atoms with Crippen LogP contribution in [0, 0.1) is 0 Å². The highest BCUT2D eigenvalue weighted by Crippen LogP contribution is 2.13. The first-order chi connectivity index (χ1) is 17.9. The Kier molecular flexibility index (Phi) is 27.3. The number of hydrogen-bond donors (Lipinski definition) is 0. The van der Waals surface area contributed by atoms with E-state index in [0.29, 0.717) is 92.5 Å². The van der Waals surface area contributed by atoms with Gasteiger partial charge in [-0.05, 0) is 25.7 Å². The molecule has 1 aliphatic heterocycles. The largest absolute Gasteiger partial charge is 0.379 e. The number of hydrogen-bond acceptors (Lipinski definition) is 9. The van der Waals surface area contributed by atoms with Gasteiger partial charge in [-0.15, -0.1) is 0 Å². The average molecular weight is 523 g/mol. The summed E-state index contributed by atoms with van der Waals surface area (Å²) >= 11 is 0. The van der Waals surface area contributed by atoms with Crippen molar-refractivity contribution in [3.05, 3.63) is 0 Å². The molecule has 1 heterocycles. The molecular weight excluding hydrogens is 468 g/mol. The highest BCUT2D eigenvalue weighted by Gasteiger charge is 2.13. The van der Waals surface area contributed by atoms with Crippen molar-refractivity contribution in [2.24, 2.45) is 0 Å². The third kappa shape index (κ3) is 25.3. The standard InChI is InChI=1S/C27H54O9/c1-2-3-4-5-6-8-11-28-13-14-29-15-16-30-17-18-31-19-20-32-21-22-33-23-24-34-25-26-36-27-10-7-9-12-35-27/h27H,2-26H2,1H3. The number of rotatable bonds is 29. The molecule has 1 aliphatic rings. The van der Waals surface area contributed by atoms with Crippen LogP contribution >= 0.6 is 0 Å². The number of unbranched alkanes of at least 4 members (excludes halogenated alkanes) is 5. The van der Waals surface area contributed by atoms with Crippen molar-refractivity contribution in [3.8, 4) is 0 Å². The molecule has 9 heteroatoms. The van der Waals surface area contributed by atoms with Gasteiger partial charge in [0, 0.05) is 13.2 Å². The first-order valence-corrected chi connectivity index (χ1v) is 14.2. The summed E-state index contributed by atoms with van der Waals surface area (Å²) in [4.78, 5) is 0. The highest BCUT2D eigenvalue weighted by atomic mass is 16.7. The van der Waals surface area contributed by atoms with E-state index in [9.17, 15) is 0 Å². The molecule has 0 amide bonds. The third-order valence-corrected chi connectivity index (χ3v) is 5.54. The molecule has 36 heavy (non-hydrogen) atoms. The molecule has 0 aromatic heterocycles. The maximum absolute atomic E-state index is 5.60. The lowest BCUT2D eigenvalue weighted by Gasteiger charge is -2.22. The van der Waals surface area contributed by atoms with Gasteiger partial charge in [-0.3, -0.25) is 0 Å². The van der Waals surface area contributed by atoms with E-state index in [1.807, 2.05) is 0 Å². The van der Waals surface area contributed by atoms with Crippen LogP contribution in [0.1, 0.15) is 64.7 Å². The predicted octanol–water partition coefficient (Wildman–Crippen LogP) is 4.01. The van der Waals surface area contributed by atoms with E-state index in [1.54, 1.807) is 0 Å². The molecule has 1 atom stereocenters. The Morgan fingerprint density at radius 1 is 0.472 bits per heavy atom. The van der Waals surface area contributed by atoms with E-state index in [0.717, 1.165) is 32.5 Å². The maximum Gasteiger partial charge on any atom is 0.157 e. The molecule has 1 saturated heterocycles. The second-order valence-electron chi connectivity index (χ2n) is 8.72. The van der Waals surface area contributed by atoms with Gasteiger partial charge < -0.3 is 42.6 Å². The van der Waals surface area contributed by atoms with Crippen LogP contribution in [-0.2, 0) is 42.6 Å². The van der Waals surface area contributed by atoms with Crippen molar-refractivity contribution < 1.29 is 42.6 Å². The molecule has 0 aliphatic carbocycles. The van der Waals surface area contributed by atoms with Crippen molar-refractivity contribution in [2.45, 2.75) is 71.0 Å². The summed E-state index contributed by atoms with van der Waals surface area (Å²) in [6, 6.07) is 0. The summed E-state index contributed by atoms with van der Waals surface area (Å²) in [5, 5.41) is 0. The molecule has 216 valence electrons. The summed E-state index contributed by atoms with van der Waals surface area (Å²) in [7, 11) is 0. The van der Waals surface area contributed by atoms with Crippen LogP contribution in [0.3, 0.4) is 0 Å². The second-order valence-corrected chi connectivity index (χ2v) is 8.72. The zero-order valence-corrected chi connectivity index (χ0v) is 22.9. The molecule has 0 aromatic carbocycles. The Hall–Kier alpha value is -0.360. The Bertz CT molecular complexity index is 409. The van der Waals surface area contributed by atoms with E-state index in [4.69, 9.17) is 42.6 Å². The molecular formula is C27H54O9. The van der Waals surface area contributed by atoms with E-state index in [1.165, 1.54) is 38.5 Å². The minimum atomic E-state index is -0.0539. The summed E-state index contributed by atoms with van der Waals surface area (Å²) in [5.41, 5.74) is 0. The highest BCUT2D eigenvalue weighted by molar-refractivity contribution is 4.53. The van der Waals surface area contributed by atoms with Crippen LogP contribution in [0.2, 0.25) is 0 Å². The molecule has 1 rings (SSSR count). The lowest BCUT2D eigenvalue weighted by molar-refractivity contribution is -0.169. The van der Waals surface area contributed by atoms with Crippen molar-refractivity contribution in [1.82, 2.24) is 0 Å². The van der Waals surface area contributed by atoms with Gasteiger partial charge in [0.25, 0.3) is 0 Å². The van der Waals surface area contributed by atoms with Gasteiger partial charge in [0.2, 0.25) is 0 Å². The van der Waals surface area contributed by atoms with Gasteiger partial charge in [-0.2, -0.15) is 0 Å². The summed E-state index contributed by atoms with van der Waals surface area (Å²) in [5.74, 6) is 0. The summed E-state index contributed by atoms with van der Waals surface area (Å²) in [6.45, 7) is 11.8. The zero-order valence-electron chi connectivity index (χ0n) is 22.9. The van der Waals surface area contributed by atoms with Gasteiger partial charge in [-0.1, -0.05) is 39.0 Å². The van der Waals surface area contributed by atoms with Crippen molar-refractivity contribution in [1.29, 1.82) is 0 Å². The Morgan fingerprint density at radius 3 is 1.33 bits per heavy atom. The smallest absolute Gasteiger partial charge is 0.157 e.